The average Bonchev–Trinajstić information content (AvgIpc) is 2.64. The van der Waals surface area contributed by atoms with Gasteiger partial charge in [-0.25, -0.2) is 0 Å². The fourth-order valence-electron chi connectivity index (χ4n) is 2.64. The highest BCUT2D eigenvalue weighted by Crippen LogP contribution is 2.33. The Morgan fingerprint density at radius 3 is 3.10 bits per heavy atom. The summed E-state index contributed by atoms with van der Waals surface area (Å²) >= 11 is 1.34. The molecule has 2 aromatic rings. The van der Waals surface area contributed by atoms with Crippen LogP contribution in [0.2, 0.25) is 0 Å². The van der Waals surface area contributed by atoms with Gasteiger partial charge in [-0.15, -0.1) is 16.4 Å². The lowest BCUT2D eigenvalue weighted by molar-refractivity contribution is 0.0766. The Kier molecular flexibility index (Phi) is 3.56. The minimum atomic E-state index is 0.0413. The third kappa shape index (κ3) is 2.35. The molecule has 2 aromatic heterocycles. The van der Waals surface area contributed by atoms with Crippen LogP contribution >= 0.6 is 11.3 Å². The van der Waals surface area contributed by atoms with Gasteiger partial charge in [-0.3, -0.25) is 4.79 Å². The third-order valence-electron chi connectivity index (χ3n) is 3.92. The molecule has 1 saturated heterocycles. The third-order valence-corrected chi connectivity index (χ3v) is 5.01. The maximum absolute atomic E-state index is 12.7. The molecule has 1 amide bonds. The van der Waals surface area contributed by atoms with E-state index in [1.165, 1.54) is 17.8 Å². The van der Waals surface area contributed by atoms with Crippen LogP contribution in [0.15, 0.2) is 12.3 Å². The lowest BCUT2D eigenvalue weighted by Crippen LogP contribution is -2.31. The topological polar surface area (TPSA) is 72.1 Å². The Morgan fingerprint density at radius 2 is 2.30 bits per heavy atom. The number of nitrogens with two attached hydrogens (primary N) is 1. The number of rotatable bonds is 1. The van der Waals surface area contributed by atoms with E-state index in [0.29, 0.717) is 16.5 Å². The minimum Gasteiger partial charge on any atom is -0.397 e. The van der Waals surface area contributed by atoms with Crippen LogP contribution in [0.5, 0.6) is 0 Å². The van der Waals surface area contributed by atoms with E-state index in [4.69, 9.17) is 5.73 Å². The summed E-state index contributed by atoms with van der Waals surface area (Å²) in [6.07, 6.45) is 4.93. The summed E-state index contributed by atoms with van der Waals surface area (Å²) in [5.74, 6) is 0.734. The van der Waals surface area contributed by atoms with Gasteiger partial charge in [-0.2, -0.15) is 5.10 Å². The Hall–Kier alpha value is -1.69. The number of nitrogen functional groups attached to an aromatic ring is 1. The number of anilines is 1. The van der Waals surface area contributed by atoms with Crippen molar-refractivity contribution in [3.05, 3.63) is 17.1 Å². The number of amides is 1. The normalized spacial score (nSPS) is 20.1. The van der Waals surface area contributed by atoms with Crippen molar-refractivity contribution >= 4 is 33.1 Å². The van der Waals surface area contributed by atoms with Crippen molar-refractivity contribution in [2.24, 2.45) is 5.92 Å². The van der Waals surface area contributed by atoms with Gasteiger partial charge in [0.2, 0.25) is 0 Å². The van der Waals surface area contributed by atoms with Crippen molar-refractivity contribution in [2.45, 2.75) is 26.2 Å². The van der Waals surface area contributed by atoms with E-state index in [0.717, 1.165) is 36.1 Å². The summed E-state index contributed by atoms with van der Waals surface area (Å²) in [7, 11) is 0. The van der Waals surface area contributed by atoms with Crippen molar-refractivity contribution in [1.29, 1.82) is 0 Å². The molecule has 0 spiro atoms. The molecule has 0 aliphatic carbocycles. The van der Waals surface area contributed by atoms with Crippen molar-refractivity contribution in [1.82, 2.24) is 15.1 Å². The molecule has 6 heteroatoms. The van der Waals surface area contributed by atoms with Gasteiger partial charge in [0.25, 0.3) is 5.91 Å². The van der Waals surface area contributed by atoms with Gasteiger partial charge in [-0.05, 0) is 31.2 Å². The number of hydrogen-bond donors (Lipinski definition) is 1. The number of likely N-dealkylation sites (tertiary alicyclic amines) is 1. The molecule has 5 nitrogen and oxygen atoms in total. The van der Waals surface area contributed by atoms with Gasteiger partial charge in [-0.1, -0.05) is 6.92 Å². The van der Waals surface area contributed by atoms with Crippen molar-refractivity contribution < 1.29 is 4.79 Å². The largest absolute Gasteiger partial charge is 0.397 e. The van der Waals surface area contributed by atoms with E-state index >= 15 is 0 Å². The van der Waals surface area contributed by atoms with E-state index in [9.17, 15) is 4.79 Å². The van der Waals surface area contributed by atoms with Gasteiger partial charge in [0.05, 0.1) is 11.9 Å². The zero-order chi connectivity index (χ0) is 14.1. The number of aromatic nitrogens is 2. The quantitative estimate of drug-likeness (QED) is 0.876. The summed E-state index contributed by atoms with van der Waals surface area (Å²) in [6, 6.07) is 1.81. The Balaban J connectivity index is 1.90. The molecule has 1 unspecified atom stereocenters. The fourth-order valence-corrected chi connectivity index (χ4v) is 3.65. The first-order valence-electron chi connectivity index (χ1n) is 6.95. The van der Waals surface area contributed by atoms with E-state index in [1.54, 1.807) is 6.20 Å². The summed E-state index contributed by atoms with van der Waals surface area (Å²) in [5, 5.41) is 8.71. The predicted octanol–water partition coefficient (Wildman–Crippen LogP) is 2.54. The Labute approximate surface area is 121 Å². The van der Waals surface area contributed by atoms with Crippen LogP contribution < -0.4 is 5.73 Å². The number of hydrogen-bond acceptors (Lipinski definition) is 5. The van der Waals surface area contributed by atoms with Gasteiger partial charge < -0.3 is 10.6 Å². The van der Waals surface area contributed by atoms with E-state index < -0.39 is 0 Å². The average molecular weight is 290 g/mol. The first-order chi connectivity index (χ1) is 9.66. The maximum Gasteiger partial charge on any atom is 0.266 e. The molecule has 0 aromatic carbocycles. The number of carbonyl (C=O) groups is 1. The fraction of sp³-hybridized carbons (Fsp3) is 0.500. The zero-order valence-electron chi connectivity index (χ0n) is 11.5. The molecule has 3 heterocycles. The lowest BCUT2D eigenvalue weighted by atomic mass is 10.0. The van der Waals surface area contributed by atoms with Gasteiger partial charge in [0.1, 0.15) is 9.71 Å². The second-order valence-electron chi connectivity index (χ2n) is 5.42. The molecular formula is C14H18N4OS. The summed E-state index contributed by atoms with van der Waals surface area (Å²) in [5.41, 5.74) is 6.65. The minimum absolute atomic E-state index is 0.0413. The molecule has 1 aliphatic heterocycles. The smallest absolute Gasteiger partial charge is 0.266 e. The van der Waals surface area contributed by atoms with Gasteiger partial charge >= 0.3 is 0 Å². The monoisotopic (exact) mass is 290 g/mol. The molecule has 2 N–H and O–H groups in total. The maximum atomic E-state index is 12.7. The zero-order valence-corrected chi connectivity index (χ0v) is 12.3. The van der Waals surface area contributed by atoms with Crippen LogP contribution in [-0.2, 0) is 0 Å². The molecule has 0 radical (unpaired) electrons. The van der Waals surface area contributed by atoms with Crippen LogP contribution in [-0.4, -0.2) is 34.1 Å². The van der Waals surface area contributed by atoms with Crippen LogP contribution in [0.25, 0.3) is 10.2 Å². The van der Waals surface area contributed by atoms with E-state index in [1.807, 2.05) is 11.0 Å². The van der Waals surface area contributed by atoms with Crippen LogP contribution in [0, 0.1) is 5.92 Å². The van der Waals surface area contributed by atoms with E-state index in [2.05, 4.69) is 17.1 Å². The number of thiophene rings is 1. The highest BCUT2D eigenvalue weighted by Gasteiger charge is 2.24. The highest BCUT2D eigenvalue weighted by molar-refractivity contribution is 7.21. The summed E-state index contributed by atoms with van der Waals surface area (Å²) < 4.78 is 0. The molecule has 0 bridgehead atoms. The molecule has 3 rings (SSSR count). The Morgan fingerprint density at radius 1 is 1.45 bits per heavy atom. The SMILES string of the molecule is CC1CCCN(C(=O)c2sc3nnccc3c2N)CC1. The number of carbonyl (C=O) groups excluding carboxylic acids is 1. The molecule has 1 atom stereocenters. The lowest BCUT2D eigenvalue weighted by Gasteiger charge is -2.19. The number of fused-ring (bicyclic) bond motifs is 1. The number of nitrogens with zero attached hydrogens (tertiary/aromatic N) is 3. The first-order valence-corrected chi connectivity index (χ1v) is 7.77. The molecule has 1 aliphatic rings. The predicted molar refractivity (Wildman–Crippen MR) is 80.7 cm³/mol. The molecule has 106 valence electrons. The van der Waals surface area contributed by atoms with E-state index in [-0.39, 0.29) is 5.91 Å². The summed E-state index contributed by atoms with van der Waals surface area (Å²) in [6.45, 7) is 3.89. The Bertz CT molecular complexity index is 639. The van der Waals surface area contributed by atoms with Crippen molar-refractivity contribution in [2.75, 3.05) is 18.8 Å². The molecule has 20 heavy (non-hydrogen) atoms. The molecule has 1 fully saturated rings. The van der Waals surface area contributed by atoms with Crippen LogP contribution in [0.3, 0.4) is 0 Å². The molecular weight excluding hydrogens is 272 g/mol. The standard InChI is InChI=1S/C14H18N4OS/c1-9-3-2-7-18(8-5-9)14(19)12-11(15)10-4-6-16-17-13(10)20-12/h4,6,9H,2-3,5,7-8,15H2,1H3. The van der Waals surface area contributed by atoms with Gasteiger partial charge in [0, 0.05) is 18.5 Å². The second-order valence-corrected chi connectivity index (χ2v) is 6.42. The first kappa shape index (κ1) is 13.3. The summed E-state index contributed by atoms with van der Waals surface area (Å²) in [4.78, 5) is 15.9. The second kappa shape index (κ2) is 5.36. The van der Waals surface area contributed by atoms with Crippen molar-refractivity contribution in [3.63, 3.8) is 0 Å². The van der Waals surface area contributed by atoms with Crippen molar-refractivity contribution in [3.8, 4) is 0 Å². The van der Waals surface area contributed by atoms with Crippen LogP contribution in [0.1, 0.15) is 35.9 Å². The molecule has 0 saturated carbocycles. The van der Waals surface area contributed by atoms with Crippen LogP contribution in [0.4, 0.5) is 5.69 Å². The van der Waals surface area contributed by atoms with Gasteiger partial charge in [0.15, 0.2) is 0 Å². The highest BCUT2D eigenvalue weighted by atomic mass is 32.1.